The molecule has 2 aromatic rings. The summed E-state index contributed by atoms with van der Waals surface area (Å²) in [5.74, 6) is -0.238. The van der Waals surface area contributed by atoms with Crippen molar-refractivity contribution in [2.45, 2.75) is 13.0 Å². The van der Waals surface area contributed by atoms with E-state index in [0.717, 1.165) is 11.4 Å². The number of rotatable bonds is 4. The van der Waals surface area contributed by atoms with Gasteiger partial charge in [0.25, 0.3) is 0 Å². The molecule has 0 aliphatic heterocycles. The minimum absolute atomic E-state index is 0.202. The lowest BCUT2D eigenvalue weighted by atomic mass is 10.2. The maximum atomic E-state index is 13.7. The zero-order valence-electron chi connectivity index (χ0n) is 11.4. The van der Waals surface area contributed by atoms with Crippen molar-refractivity contribution < 1.29 is 4.39 Å². The van der Waals surface area contributed by atoms with Crippen LogP contribution in [0, 0.1) is 5.82 Å². The lowest BCUT2D eigenvalue weighted by Crippen LogP contribution is -2.15. The van der Waals surface area contributed by atoms with Gasteiger partial charge in [0, 0.05) is 13.1 Å². The van der Waals surface area contributed by atoms with Crippen LogP contribution in [0.2, 0.25) is 0 Å². The first-order chi connectivity index (χ1) is 9.13. The molecule has 2 rings (SSSR count). The summed E-state index contributed by atoms with van der Waals surface area (Å²) in [7, 11) is 3.72. The van der Waals surface area contributed by atoms with E-state index in [2.05, 4.69) is 10.3 Å². The Hall–Kier alpha value is -1.94. The Labute approximate surface area is 113 Å². The molecule has 4 heteroatoms. The lowest BCUT2D eigenvalue weighted by Gasteiger charge is -2.20. The van der Waals surface area contributed by atoms with Crippen molar-refractivity contribution in [2.24, 2.45) is 0 Å². The van der Waals surface area contributed by atoms with Gasteiger partial charge in [0.2, 0.25) is 0 Å². The molecule has 3 nitrogen and oxygen atoms in total. The predicted octanol–water partition coefficient (Wildman–Crippen LogP) is 3.27. The summed E-state index contributed by atoms with van der Waals surface area (Å²) < 4.78 is 13.7. The van der Waals surface area contributed by atoms with Gasteiger partial charge in [0.05, 0.1) is 23.3 Å². The van der Waals surface area contributed by atoms with Gasteiger partial charge in [-0.1, -0.05) is 12.1 Å². The second-order valence-electron chi connectivity index (χ2n) is 4.46. The molecule has 0 spiro atoms. The van der Waals surface area contributed by atoms with E-state index in [-0.39, 0.29) is 11.9 Å². The predicted molar refractivity (Wildman–Crippen MR) is 76.2 cm³/mol. The van der Waals surface area contributed by atoms with Gasteiger partial charge in [-0.15, -0.1) is 0 Å². The Kier molecular flexibility index (Phi) is 4.12. The molecule has 1 N–H and O–H groups in total. The molecule has 0 amide bonds. The molecule has 0 fully saturated rings. The van der Waals surface area contributed by atoms with Gasteiger partial charge >= 0.3 is 0 Å². The van der Waals surface area contributed by atoms with E-state index in [1.807, 2.05) is 39.2 Å². The number of benzene rings is 1. The zero-order valence-corrected chi connectivity index (χ0v) is 11.4. The van der Waals surface area contributed by atoms with Crippen LogP contribution < -0.4 is 10.2 Å². The molecule has 1 unspecified atom stereocenters. The molecule has 0 aliphatic carbocycles. The molecule has 0 saturated heterocycles. The summed E-state index contributed by atoms with van der Waals surface area (Å²) in [6, 6.07) is 10.8. The van der Waals surface area contributed by atoms with Gasteiger partial charge in [-0.2, -0.15) is 0 Å². The minimum atomic E-state index is -0.238. The second-order valence-corrected chi connectivity index (χ2v) is 4.46. The van der Waals surface area contributed by atoms with Gasteiger partial charge in [-0.25, -0.2) is 4.39 Å². The average molecular weight is 259 g/mol. The van der Waals surface area contributed by atoms with Crippen molar-refractivity contribution in [3.05, 3.63) is 54.1 Å². The van der Waals surface area contributed by atoms with Crippen LogP contribution in [0.3, 0.4) is 0 Å². The molecule has 0 bridgehead atoms. The van der Waals surface area contributed by atoms with E-state index < -0.39 is 0 Å². The van der Waals surface area contributed by atoms with E-state index >= 15 is 0 Å². The van der Waals surface area contributed by atoms with E-state index in [9.17, 15) is 4.39 Å². The quantitative estimate of drug-likeness (QED) is 0.913. The molecule has 1 heterocycles. The highest BCUT2D eigenvalue weighted by molar-refractivity contribution is 5.62. The van der Waals surface area contributed by atoms with Gasteiger partial charge in [0.1, 0.15) is 5.82 Å². The van der Waals surface area contributed by atoms with E-state index in [4.69, 9.17) is 0 Å². The fourth-order valence-electron chi connectivity index (χ4n) is 1.86. The minimum Gasteiger partial charge on any atom is -0.341 e. The van der Waals surface area contributed by atoms with Crippen LogP contribution in [-0.4, -0.2) is 19.1 Å². The number of pyridine rings is 1. The number of nitrogens with zero attached hydrogens (tertiary/aromatic N) is 2. The first kappa shape index (κ1) is 13.5. The first-order valence-corrected chi connectivity index (χ1v) is 6.25. The zero-order chi connectivity index (χ0) is 13.8. The SMILES string of the molecule is CNC(C)c1ccc(N(C)c2ccccc2F)cn1. The highest BCUT2D eigenvalue weighted by Crippen LogP contribution is 2.25. The summed E-state index contributed by atoms with van der Waals surface area (Å²) in [4.78, 5) is 6.19. The Morgan fingerprint density at radius 1 is 1.21 bits per heavy atom. The van der Waals surface area contributed by atoms with E-state index in [0.29, 0.717) is 5.69 Å². The van der Waals surface area contributed by atoms with Crippen LogP contribution in [0.5, 0.6) is 0 Å². The van der Waals surface area contributed by atoms with Gasteiger partial charge in [-0.05, 0) is 38.2 Å². The van der Waals surface area contributed by atoms with Crippen LogP contribution in [0.25, 0.3) is 0 Å². The molecule has 1 atom stereocenters. The highest BCUT2D eigenvalue weighted by Gasteiger charge is 2.10. The van der Waals surface area contributed by atoms with Crippen LogP contribution >= 0.6 is 0 Å². The first-order valence-electron chi connectivity index (χ1n) is 6.25. The smallest absolute Gasteiger partial charge is 0.146 e. The van der Waals surface area contributed by atoms with Crippen molar-refractivity contribution in [1.29, 1.82) is 0 Å². The van der Waals surface area contributed by atoms with Crippen LogP contribution in [0.4, 0.5) is 15.8 Å². The fraction of sp³-hybridized carbons (Fsp3) is 0.267. The number of halogens is 1. The van der Waals surface area contributed by atoms with Crippen molar-refractivity contribution in [1.82, 2.24) is 10.3 Å². The Morgan fingerprint density at radius 2 is 1.95 bits per heavy atom. The molecule has 19 heavy (non-hydrogen) atoms. The summed E-state index contributed by atoms with van der Waals surface area (Å²) in [6.45, 7) is 2.04. The summed E-state index contributed by atoms with van der Waals surface area (Å²) in [5, 5.41) is 3.13. The number of para-hydroxylation sites is 1. The summed E-state index contributed by atoms with van der Waals surface area (Å²) in [6.07, 6.45) is 1.76. The normalized spacial score (nSPS) is 12.2. The fourth-order valence-corrected chi connectivity index (χ4v) is 1.86. The molecule has 0 saturated carbocycles. The third-order valence-corrected chi connectivity index (χ3v) is 3.25. The molecule has 1 aromatic heterocycles. The monoisotopic (exact) mass is 259 g/mol. The molecular weight excluding hydrogens is 241 g/mol. The molecule has 1 aromatic carbocycles. The number of anilines is 2. The summed E-state index contributed by atoms with van der Waals surface area (Å²) >= 11 is 0. The van der Waals surface area contributed by atoms with Crippen molar-refractivity contribution >= 4 is 11.4 Å². The van der Waals surface area contributed by atoms with E-state index in [1.165, 1.54) is 6.07 Å². The molecule has 0 aliphatic rings. The number of hydrogen-bond acceptors (Lipinski definition) is 3. The molecule has 0 radical (unpaired) electrons. The van der Waals surface area contributed by atoms with Crippen LogP contribution in [-0.2, 0) is 0 Å². The van der Waals surface area contributed by atoms with Crippen molar-refractivity contribution in [3.63, 3.8) is 0 Å². The maximum absolute atomic E-state index is 13.7. The van der Waals surface area contributed by atoms with Crippen molar-refractivity contribution in [2.75, 3.05) is 19.0 Å². The molecule has 100 valence electrons. The Balaban J connectivity index is 2.25. The standard InChI is InChI=1S/C15H18FN3/c1-11(17-2)14-9-8-12(10-18-14)19(3)15-7-5-4-6-13(15)16/h4-11,17H,1-3H3. The van der Waals surface area contributed by atoms with Gasteiger partial charge < -0.3 is 10.2 Å². The Bertz CT molecular complexity index is 539. The third-order valence-electron chi connectivity index (χ3n) is 3.25. The molecular formula is C15H18FN3. The number of aromatic nitrogens is 1. The maximum Gasteiger partial charge on any atom is 0.146 e. The number of nitrogens with one attached hydrogen (secondary N) is 1. The highest BCUT2D eigenvalue weighted by atomic mass is 19.1. The third kappa shape index (κ3) is 2.90. The summed E-state index contributed by atoms with van der Waals surface area (Å²) in [5.41, 5.74) is 2.36. The number of hydrogen-bond donors (Lipinski definition) is 1. The van der Waals surface area contributed by atoms with Crippen molar-refractivity contribution in [3.8, 4) is 0 Å². The topological polar surface area (TPSA) is 28.2 Å². The van der Waals surface area contributed by atoms with Gasteiger partial charge in [-0.3, -0.25) is 4.98 Å². The van der Waals surface area contributed by atoms with Crippen LogP contribution in [0.1, 0.15) is 18.7 Å². The second kappa shape index (κ2) is 5.80. The van der Waals surface area contributed by atoms with E-state index in [1.54, 1.807) is 23.2 Å². The Morgan fingerprint density at radius 3 is 2.53 bits per heavy atom. The largest absolute Gasteiger partial charge is 0.341 e. The van der Waals surface area contributed by atoms with Crippen LogP contribution in [0.15, 0.2) is 42.6 Å². The average Bonchev–Trinajstić information content (AvgIpc) is 2.46. The van der Waals surface area contributed by atoms with Gasteiger partial charge in [0.15, 0.2) is 0 Å². The lowest BCUT2D eigenvalue weighted by molar-refractivity contribution is 0.626.